The highest BCUT2D eigenvalue weighted by molar-refractivity contribution is 6.11. The minimum absolute atomic E-state index is 0.0158. The van der Waals surface area contributed by atoms with Gasteiger partial charge in [-0.1, -0.05) is 56.8 Å². The number of hydrogen-bond acceptors (Lipinski definition) is 7. The number of carbonyl (C=O) groups is 2. The van der Waals surface area contributed by atoms with E-state index in [9.17, 15) is 14.7 Å². The molecule has 0 saturated carbocycles. The summed E-state index contributed by atoms with van der Waals surface area (Å²) in [5.74, 6) is -1.31. The normalized spacial score (nSPS) is 17.5. The molecule has 1 aromatic heterocycles. The molecule has 0 aliphatic carbocycles. The highest BCUT2D eigenvalue weighted by Gasteiger charge is 2.47. The molecule has 33 heavy (non-hydrogen) atoms. The van der Waals surface area contributed by atoms with Gasteiger partial charge in [-0.25, -0.2) is 0 Å². The number of nitrogens with two attached hydrogens (primary N) is 1. The Bertz CT molecular complexity index is 1170. The summed E-state index contributed by atoms with van der Waals surface area (Å²) in [6, 6.07) is 7.66. The van der Waals surface area contributed by atoms with E-state index in [4.69, 9.17) is 15.0 Å². The Balaban J connectivity index is 2.16. The van der Waals surface area contributed by atoms with Crippen LogP contribution in [0.5, 0.6) is 5.75 Å². The predicted molar refractivity (Wildman–Crippen MR) is 124 cm³/mol. The number of ketones is 1. The fourth-order valence-corrected chi connectivity index (χ4v) is 3.57. The van der Waals surface area contributed by atoms with E-state index >= 15 is 0 Å². The molecule has 1 amide bonds. The van der Waals surface area contributed by atoms with Crippen LogP contribution in [0, 0.1) is 5.41 Å². The lowest BCUT2D eigenvalue weighted by Gasteiger charge is -2.29. The van der Waals surface area contributed by atoms with Gasteiger partial charge in [0, 0.05) is 22.6 Å². The number of ether oxygens (including phenoxy) is 1. The van der Waals surface area contributed by atoms with E-state index in [1.165, 1.54) is 24.3 Å². The highest BCUT2D eigenvalue weighted by atomic mass is 16.5. The standard InChI is InChI=1S/C25H27N3O5/c1-6-15(17-13-14-33-27-17)11-12-19(26)28-21(16-9-7-8-10-18(16)32-5)20(22(29)24(28)31)23(30)25(2,3)4/h6-14,21,29H,1,26H2,2-5H3/b15-11+,19-12+. The number of aliphatic hydroxyl groups is 1. The van der Waals surface area contributed by atoms with E-state index in [2.05, 4.69) is 11.7 Å². The Morgan fingerprint density at radius 1 is 1.27 bits per heavy atom. The number of Topliss-reactive ketones (excluding diaryl/α,β-unsaturated/α-hetero) is 1. The second-order valence-electron chi connectivity index (χ2n) is 8.46. The van der Waals surface area contributed by atoms with Crippen molar-refractivity contribution in [3.8, 4) is 5.75 Å². The van der Waals surface area contributed by atoms with Gasteiger partial charge in [-0.15, -0.1) is 0 Å². The van der Waals surface area contributed by atoms with Gasteiger partial charge in [0.2, 0.25) is 0 Å². The van der Waals surface area contributed by atoms with Crippen molar-refractivity contribution < 1.29 is 24.0 Å². The first kappa shape index (κ1) is 23.6. The van der Waals surface area contributed by atoms with E-state index in [0.717, 1.165) is 0 Å². The first-order valence-corrected chi connectivity index (χ1v) is 10.3. The molecule has 3 N–H and O–H groups in total. The van der Waals surface area contributed by atoms with Crippen LogP contribution in [0.15, 0.2) is 83.1 Å². The van der Waals surface area contributed by atoms with Crippen molar-refractivity contribution >= 4 is 17.3 Å². The summed E-state index contributed by atoms with van der Waals surface area (Å²) in [6.45, 7) is 8.92. The quantitative estimate of drug-likeness (QED) is 0.612. The van der Waals surface area contributed by atoms with E-state index in [-0.39, 0.29) is 17.2 Å². The molecule has 0 bridgehead atoms. The minimum atomic E-state index is -0.968. The molecule has 0 spiro atoms. The maximum Gasteiger partial charge on any atom is 0.295 e. The molecule has 2 heterocycles. The third kappa shape index (κ3) is 4.45. The Labute approximate surface area is 192 Å². The number of benzene rings is 1. The number of amides is 1. The zero-order chi connectivity index (χ0) is 24.3. The molecule has 1 atom stereocenters. The van der Waals surface area contributed by atoms with E-state index in [1.54, 1.807) is 63.3 Å². The second-order valence-corrected chi connectivity index (χ2v) is 8.46. The van der Waals surface area contributed by atoms with E-state index in [1.807, 2.05) is 0 Å². The number of hydrogen-bond donors (Lipinski definition) is 2. The number of methoxy groups -OCH3 is 1. The molecule has 8 nitrogen and oxygen atoms in total. The Hall–Kier alpha value is -4.07. The van der Waals surface area contributed by atoms with Crippen LogP contribution in [-0.2, 0) is 9.59 Å². The molecular weight excluding hydrogens is 422 g/mol. The van der Waals surface area contributed by atoms with Crippen LogP contribution in [0.2, 0.25) is 0 Å². The highest BCUT2D eigenvalue weighted by Crippen LogP contribution is 2.44. The van der Waals surface area contributed by atoms with Gasteiger partial charge in [0.05, 0.1) is 18.7 Å². The topological polar surface area (TPSA) is 119 Å². The van der Waals surface area contributed by atoms with Crippen LogP contribution < -0.4 is 10.5 Å². The van der Waals surface area contributed by atoms with Crippen LogP contribution >= 0.6 is 0 Å². The van der Waals surface area contributed by atoms with Crippen LogP contribution in [0.3, 0.4) is 0 Å². The molecule has 3 rings (SSSR count). The molecule has 172 valence electrons. The monoisotopic (exact) mass is 449 g/mol. The van der Waals surface area contributed by atoms with Crippen molar-refractivity contribution in [1.29, 1.82) is 0 Å². The number of para-hydroxylation sites is 1. The molecule has 1 aliphatic heterocycles. The lowest BCUT2D eigenvalue weighted by atomic mass is 9.82. The average Bonchev–Trinajstić information content (AvgIpc) is 3.40. The molecule has 0 fully saturated rings. The third-order valence-corrected chi connectivity index (χ3v) is 5.23. The first-order chi connectivity index (χ1) is 15.6. The van der Waals surface area contributed by atoms with Crippen molar-refractivity contribution in [2.75, 3.05) is 7.11 Å². The molecular formula is C25H27N3O5. The number of nitrogens with zero attached hydrogens (tertiary/aromatic N) is 2. The number of allylic oxidation sites excluding steroid dienone is 4. The van der Waals surface area contributed by atoms with Crippen molar-refractivity contribution in [2.24, 2.45) is 11.1 Å². The number of rotatable bonds is 7. The predicted octanol–water partition coefficient (Wildman–Crippen LogP) is 4.06. The van der Waals surface area contributed by atoms with Gasteiger partial charge in [0.1, 0.15) is 23.5 Å². The van der Waals surface area contributed by atoms with E-state index in [0.29, 0.717) is 22.6 Å². The molecule has 0 radical (unpaired) electrons. The lowest BCUT2D eigenvalue weighted by molar-refractivity contribution is -0.127. The molecule has 1 aromatic carbocycles. The Kier molecular flexibility index (Phi) is 6.57. The van der Waals surface area contributed by atoms with Crippen molar-refractivity contribution in [3.63, 3.8) is 0 Å². The summed E-state index contributed by atoms with van der Waals surface area (Å²) in [6.07, 6.45) is 6.10. The van der Waals surface area contributed by atoms with Gasteiger partial charge >= 0.3 is 0 Å². The first-order valence-electron chi connectivity index (χ1n) is 10.3. The second kappa shape index (κ2) is 9.20. The zero-order valence-electron chi connectivity index (χ0n) is 19.0. The Morgan fingerprint density at radius 2 is 1.97 bits per heavy atom. The smallest absolute Gasteiger partial charge is 0.295 e. The van der Waals surface area contributed by atoms with Crippen LogP contribution in [0.1, 0.15) is 38.1 Å². The maximum atomic E-state index is 13.3. The van der Waals surface area contributed by atoms with Crippen LogP contribution in [0.4, 0.5) is 0 Å². The fourth-order valence-electron chi connectivity index (χ4n) is 3.57. The van der Waals surface area contributed by atoms with Crippen molar-refractivity contribution in [2.45, 2.75) is 26.8 Å². The van der Waals surface area contributed by atoms with Crippen molar-refractivity contribution in [1.82, 2.24) is 10.1 Å². The van der Waals surface area contributed by atoms with Crippen molar-refractivity contribution in [3.05, 3.63) is 89.8 Å². The number of carbonyl (C=O) groups excluding carboxylic acids is 2. The van der Waals surface area contributed by atoms with E-state index < -0.39 is 23.1 Å². The maximum absolute atomic E-state index is 13.3. The molecule has 1 aliphatic rings. The summed E-state index contributed by atoms with van der Waals surface area (Å²) in [7, 11) is 1.49. The molecule has 0 saturated heterocycles. The summed E-state index contributed by atoms with van der Waals surface area (Å²) in [4.78, 5) is 27.6. The molecule has 1 unspecified atom stereocenters. The van der Waals surface area contributed by atoms with Crippen LogP contribution in [0.25, 0.3) is 5.57 Å². The minimum Gasteiger partial charge on any atom is -0.503 e. The average molecular weight is 450 g/mol. The third-order valence-electron chi connectivity index (χ3n) is 5.23. The zero-order valence-corrected chi connectivity index (χ0v) is 19.0. The van der Waals surface area contributed by atoms with Gasteiger partial charge in [-0.3, -0.25) is 14.5 Å². The van der Waals surface area contributed by atoms with Gasteiger partial charge < -0.3 is 20.1 Å². The lowest BCUT2D eigenvalue weighted by Crippen LogP contribution is -2.35. The summed E-state index contributed by atoms with van der Waals surface area (Å²) < 4.78 is 10.3. The molecule has 2 aromatic rings. The fraction of sp³-hybridized carbons (Fsp3) is 0.240. The largest absolute Gasteiger partial charge is 0.503 e. The van der Waals surface area contributed by atoms with Gasteiger partial charge in [0.25, 0.3) is 5.91 Å². The SMILES string of the molecule is C=C/C(=C\C=C(/N)N1C(=O)C(O)=C(C(=O)C(C)(C)C)C1c1ccccc1OC)c1ccon1. The molecule has 8 heteroatoms. The van der Waals surface area contributed by atoms with Gasteiger partial charge in [-0.2, -0.15) is 0 Å². The van der Waals surface area contributed by atoms with Gasteiger partial charge in [-0.05, 0) is 18.2 Å². The summed E-state index contributed by atoms with van der Waals surface area (Å²) >= 11 is 0. The summed E-state index contributed by atoms with van der Waals surface area (Å²) in [5, 5.41) is 14.6. The van der Waals surface area contributed by atoms with Gasteiger partial charge in [0.15, 0.2) is 11.5 Å². The summed E-state index contributed by atoms with van der Waals surface area (Å²) in [5.41, 5.74) is 7.12. The number of aliphatic hydroxyl groups excluding tert-OH is 1. The number of aromatic nitrogens is 1. The van der Waals surface area contributed by atoms with Crippen LogP contribution in [-0.4, -0.2) is 34.0 Å². The Morgan fingerprint density at radius 3 is 2.55 bits per heavy atom.